The SMILES string of the molecule is CCC(C)(C)CC1CNC(C(Cc2ccc(-c3cn(C)nc3N)cc2)NC(C)=O)=N1. The molecule has 2 atom stereocenters. The fraction of sp³-hybridized carbons (Fsp3) is 0.522. The molecule has 0 saturated heterocycles. The molecule has 162 valence electrons. The monoisotopic (exact) mass is 410 g/mol. The maximum atomic E-state index is 11.8. The maximum Gasteiger partial charge on any atom is 0.217 e. The molecule has 2 unspecified atom stereocenters. The summed E-state index contributed by atoms with van der Waals surface area (Å²) in [5.41, 5.74) is 9.33. The second-order valence-electron chi connectivity index (χ2n) is 9.03. The van der Waals surface area contributed by atoms with Gasteiger partial charge in [0.05, 0.1) is 12.1 Å². The molecule has 2 heterocycles. The number of carbonyl (C=O) groups excluding carboxylic acids is 1. The number of aliphatic imine (C=N–C) groups is 1. The van der Waals surface area contributed by atoms with Gasteiger partial charge in [0.1, 0.15) is 5.84 Å². The molecule has 0 bridgehead atoms. The normalized spacial score (nSPS) is 17.4. The van der Waals surface area contributed by atoms with Gasteiger partial charge in [-0.25, -0.2) is 0 Å². The lowest BCUT2D eigenvalue weighted by molar-refractivity contribution is -0.119. The summed E-state index contributed by atoms with van der Waals surface area (Å²) >= 11 is 0. The molecule has 7 nitrogen and oxygen atoms in total. The number of nitrogens with zero attached hydrogens (tertiary/aromatic N) is 3. The molecule has 1 aliphatic rings. The Morgan fingerprint density at radius 3 is 2.63 bits per heavy atom. The third kappa shape index (κ3) is 5.40. The first kappa shape index (κ1) is 21.9. The van der Waals surface area contributed by atoms with Crippen LogP contribution in [0.15, 0.2) is 35.5 Å². The highest BCUT2D eigenvalue weighted by atomic mass is 16.1. The highest BCUT2D eigenvalue weighted by Crippen LogP contribution is 2.28. The molecule has 1 amide bonds. The molecule has 0 fully saturated rings. The summed E-state index contributed by atoms with van der Waals surface area (Å²) in [5.74, 6) is 1.34. The Balaban J connectivity index is 1.74. The van der Waals surface area contributed by atoms with E-state index < -0.39 is 0 Å². The van der Waals surface area contributed by atoms with Gasteiger partial charge in [0, 0.05) is 32.3 Å². The van der Waals surface area contributed by atoms with Gasteiger partial charge >= 0.3 is 0 Å². The first-order chi connectivity index (χ1) is 14.2. The van der Waals surface area contributed by atoms with Crippen molar-refractivity contribution in [3.63, 3.8) is 0 Å². The van der Waals surface area contributed by atoms with E-state index in [4.69, 9.17) is 10.7 Å². The topological polar surface area (TPSA) is 97.3 Å². The van der Waals surface area contributed by atoms with E-state index in [1.807, 2.05) is 25.4 Å². The first-order valence-electron chi connectivity index (χ1n) is 10.6. The van der Waals surface area contributed by atoms with Crippen LogP contribution in [0.3, 0.4) is 0 Å². The Hall–Kier alpha value is -2.83. The second-order valence-corrected chi connectivity index (χ2v) is 9.03. The third-order valence-corrected chi connectivity index (χ3v) is 5.86. The standard InChI is InChI=1S/C23H34N6O/c1-6-23(3,4)12-18-13-25-22(27-18)20(26-15(2)30)11-16-7-9-17(10-8-16)19-14-29(5)28-21(19)24/h7-10,14,18,20H,6,11-13H2,1-5H3,(H2,24,28)(H,25,27)(H,26,30). The lowest BCUT2D eigenvalue weighted by Gasteiger charge is -2.24. The van der Waals surface area contributed by atoms with Crippen molar-refractivity contribution in [2.24, 2.45) is 17.5 Å². The first-order valence-corrected chi connectivity index (χ1v) is 10.6. The zero-order chi connectivity index (χ0) is 21.9. The summed E-state index contributed by atoms with van der Waals surface area (Å²) in [7, 11) is 1.86. The number of hydrogen-bond acceptors (Lipinski definition) is 5. The van der Waals surface area contributed by atoms with Crippen LogP contribution in [0.2, 0.25) is 0 Å². The molecule has 4 N–H and O–H groups in total. The van der Waals surface area contributed by atoms with Crippen molar-refractivity contribution in [3.8, 4) is 11.1 Å². The summed E-state index contributed by atoms with van der Waals surface area (Å²) in [6.07, 6.45) is 4.75. The van der Waals surface area contributed by atoms with Crippen molar-refractivity contribution in [3.05, 3.63) is 36.0 Å². The Kier molecular flexibility index (Phi) is 6.48. The Bertz CT molecular complexity index is 912. The van der Waals surface area contributed by atoms with Gasteiger partial charge < -0.3 is 16.4 Å². The summed E-state index contributed by atoms with van der Waals surface area (Å²) in [5, 5.41) is 10.7. The van der Waals surface area contributed by atoms with Crippen LogP contribution in [0.5, 0.6) is 0 Å². The summed E-state index contributed by atoms with van der Waals surface area (Å²) < 4.78 is 1.71. The number of aromatic nitrogens is 2. The van der Waals surface area contributed by atoms with Crippen LogP contribution in [0.4, 0.5) is 5.82 Å². The van der Waals surface area contributed by atoms with Crippen molar-refractivity contribution in [1.82, 2.24) is 20.4 Å². The molecular formula is C23H34N6O. The molecule has 0 radical (unpaired) electrons. The average molecular weight is 411 g/mol. The molecule has 0 aliphatic carbocycles. The minimum Gasteiger partial charge on any atom is -0.382 e. The summed E-state index contributed by atoms with van der Waals surface area (Å²) in [6.45, 7) is 9.16. The van der Waals surface area contributed by atoms with Crippen molar-refractivity contribution < 1.29 is 4.79 Å². The van der Waals surface area contributed by atoms with Gasteiger partial charge in [-0.2, -0.15) is 5.10 Å². The third-order valence-electron chi connectivity index (χ3n) is 5.86. The number of nitrogens with one attached hydrogen (secondary N) is 2. The van der Waals surface area contributed by atoms with Crippen LogP contribution in [0.1, 0.15) is 46.1 Å². The van der Waals surface area contributed by atoms with E-state index in [2.05, 4.69) is 48.6 Å². The number of rotatable bonds is 8. The predicted octanol–water partition coefficient (Wildman–Crippen LogP) is 2.91. The molecule has 0 saturated carbocycles. The lowest BCUT2D eigenvalue weighted by Crippen LogP contribution is -2.45. The van der Waals surface area contributed by atoms with Gasteiger partial charge in [0.2, 0.25) is 5.91 Å². The van der Waals surface area contributed by atoms with E-state index in [1.165, 1.54) is 0 Å². The van der Waals surface area contributed by atoms with Crippen molar-refractivity contribution >= 4 is 17.6 Å². The number of hydrogen-bond donors (Lipinski definition) is 3. The molecule has 30 heavy (non-hydrogen) atoms. The largest absolute Gasteiger partial charge is 0.382 e. The Morgan fingerprint density at radius 2 is 2.07 bits per heavy atom. The lowest BCUT2D eigenvalue weighted by atomic mass is 9.83. The van der Waals surface area contributed by atoms with E-state index in [0.717, 1.165) is 41.9 Å². The number of carbonyl (C=O) groups is 1. The van der Waals surface area contributed by atoms with Gasteiger partial charge in [-0.1, -0.05) is 51.5 Å². The number of benzene rings is 1. The molecule has 7 heteroatoms. The highest BCUT2D eigenvalue weighted by Gasteiger charge is 2.28. The second kappa shape index (κ2) is 8.90. The Labute approximate surface area is 179 Å². The van der Waals surface area contributed by atoms with Gasteiger partial charge in [0.15, 0.2) is 5.82 Å². The molecule has 1 aromatic heterocycles. The van der Waals surface area contributed by atoms with Crippen LogP contribution in [0, 0.1) is 5.41 Å². The van der Waals surface area contributed by atoms with Gasteiger partial charge in [-0.15, -0.1) is 0 Å². The predicted molar refractivity (Wildman–Crippen MR) is 122 cm³/mol. The summed E-state index contributed by atoms with van der Waals surface area (Å²) in [6, 6.07) is 8.33. The van der Waals surface area contributed by atoms with E-state index in [9.17, 15) is 4.79 Å². The maximum absolute atomic E-state index is 11.8. The van der Waals surface area contributed by atoms with E-state index in [0.29, 0.717) is 12.2 Å². The quantitative estimate of drug-likeness (QED) is 0.623. The van der Waals surface area contributed by atoms with Crippen molar-refractivity contribution in [2.75, 3.05) is 12.3 Å². The minimum atomic E-state index is -0.161. The smallest absolute Gasteiger partial charge is 0.217 e. The average Bonchev–Trinajstić information content (AvgIpc) is 3.27. The molecule has 2 aromatic rings. The van der Waals surface area contributed by atoms with Crippen LogP contribution < -0.4 is 16.4 Å². The number of amides is 1. The number of aryl methyl sites for hydroxylation is 1. The van der Waals surface area contributed by atoms with Gasteiger partial charge in [-0.3, -0.25) is 14.5 Å². The van der Waals surface area contributed by atoms with Gasteiger partial charge in [0.25, 0.3) is 0 Å². The van der Waals surface area contributed by atoms with E-state index in [1.54, 1.807) is 11.6 Å². The number of anilines is 1. The fourth-order valence-electron chi connectivity index (χ4n) is 3.87. The number of nitrogen functional groups attached to an aromatic ring is 1. The van der Waals surface area contributed by atoms with Crippen molar-refractivity contribution in [2.45, 2.75) is 59.0 Å². The minimum absolute atomic E-state index is 0.0541. The molecule has 1 aliphatic heterocycles. The number of nitrogens with two attached hydrogens (primary N) is 1. The van der Waals surface area contributed by atoms with Crippen molar-refractivity contribution in [1.29, 1.82) is 0 Å². The molecular weight excluding hydrogens is 376 g/mol. The molecule has 0 spiro atoms. The van der Waals surface area contributed by atoms with Crippen LogP contribution >= 0.6 is 0 Å². The Morgan fingerprint density at radius 1 is 1.37 bits per heavy atom. The van der Waals surface area contributed by atoms with Crippen LogP contribution in [-0.2, 0) is 18.3 Å². The van der Waals surface area contributed by atoms with E-state index >= 15 is 0 Å². The van der Waals surface area contributed by atoms with Gasteiger partial charge in [-0.05, 0) is 29.4 Å². The molecule has 3 rings (SSSR count). The fourth-order valence-corrected chi connectivity index (χ4v) is 3.87. The van der Waals surface area contributed by atoms with Crippen LogP contribution in [-0.4, -0.2) is 40.2 Å². The zero-order valence-corrected chi connectivity index (χ0v) is 18.7. The van der Waals surface area contributed by atoms with E-state index in [-0.39, 0.29) is 23.4 Å². The zero-order valence-electron chi connectivity index (χ0n) is 18.7. The number of amidine groups is 1. The molecule has 1 aromatic carbocycles. The van der Waals surface area contributed by atoms with Crippen LogP contribution in [0.25, 0.3) is 11.1 Å². The summed E-state index contributed by atoms with van der Waals surface area (Å²) in [4.78, 5) is 16.7. The highest BCUT2D eigenvalue weighted by molar-refractivity contribution is 5.92.